The van der Waals surface area contributed by atoms with E-state index in [1.54, 1.807) is 24.9 Å². The molecule has 1 aromatic rings. The molecule has 1 aromatic heterocycles. The lowest BCUT2D eigenvalue weighted by molar-refractivity contribution is -0.131. The number of hydrogen-bond acceptors (Lipinski definition) is 4. The minimum absolute atomic E-state index is 0.0360. The molecule has 1 fully saturated rings. The predicted octanol–water partition coefficient (Wildman–Crippen LogP) is 1.44. The molecule has 0 atom stereocenters. The van der Waals surface area contributed by atoms with E-state index < -0.39 is 14.6 Å². The first-order valence-corrected chi connectivity index (χ1v) is 8.87. The molecule has 0 aliphatic carbocycles. The zero-order valence-corrected chi connectivity index (χ0v) is 13.4. The molecule has 2 rings (SSSR count). The fourth-order valence-corrected chi connectivity index (χ4v) is 3.85. The first kappa shape index (κ1) is 15.9. The number of sulfone groups is 1. The smallest absolute Gasteiger partial charge is 0.222 e. The predicted molar refractivity (Wildman–Crippen MR) is 81.6 cm³/mol. The molecule has 1 aliphatic rings. The molecule has 0 unspecified atom stereocenters. The fraction of sp³-hybridized carbons (Fsp3) is 0.600. The Morgan fingerprint density at radius 1 is 1.38 bits per heavy atom. The molecule has 21 heavy (non-hydrogen) atoms. The van der Waals surface area contributed by atoms with Crippen molar-refractivity contribution in [2.45, 2.75) is 37.9 Å². The van der Waals surface area contributed by atoms with Crippen molar-refractivity contribution in [3.05, 3.63) is 30.1 Å². The Kier molecular flexibility index (Phi) is 4.66. The van der Waals surface area contributed by atoms with Crippen molar-refractivity contribution in [3.8, 4) is 0 Å². The van der Waals surface area contributed by atoms with Crippen LogP contribution in [0.25, 0.3) is 0 Å². The van der Waals surface area contributed by atoms with E-state index in [4.69, 9.17) is 0 Å². The van der Waals surface area contributed by atoms with E-state index in [0.29, 0.717) is 13.0 Å². The largest absolute Gasteiger partial charge is 0.340 e. The topological polar surface area (TPSA) is 67.3 Å². The van der Waals surface area contributed by atoms with Gasteiger partial charge >= 0.3 is 0 Å². The van der Waals surface area contributed by atoms with Gasteiger partial charge in [0.05, 0.1) is 10.5 Å². The Morgan fingerprint density at radius 3 is 2.76 bits per heavy atom. The number of pyridine rings is 1. The zero-order chi connectivity index (χ0) is 15.5. The molecule has 1 saturated heterocycles. The summed E-state index contributed by atoms with van der Waals surface area (Å²) in [5.74, 6) is 0.0975. The van der Waals surface area contributed by atoms with Gasteiger partial charge in [-0.25, -0.2) is 8.42 Å². The van der Waals surface area contributed by atoms with Crippen LogP contribution in [0.15, 0.2) is 24.4 Å². The van der Waals surface area contributed by atoms with Gasteiger partial charge in [-0.1, -0.05) is 6.07 Å². The zero-order valence-electron chi connectivity index (χ0n) is 12.6. The Morgan fingerprint density at radius 2 is 2.14 bits per heavy atom. The van der Waals surface area contributed by atoms with E-state index in [2.05, 4.69) is 4.98 Å². The van der Waals surface area contributed by atoms with Crippen LogP contribution in [-0.4, -0.2) is 47.8 Å². The van der Waals surface area contributed by atoms with Gasteiger partial charge in [-0.2, -0.15) is 0 Å². The van der Waals surface area contributed by atoms with Gasteiger partial charge in [-0.3, -0.25) is 9.78 Å². The molecular formula is C15H22N2O3S. The molecule has 0 aromatic carbocycles. The van der Waals surface area contributed by atoms with E-state index in [0.717, 1.165) is 18.5 Å². The van der Waals surface area contributed by atoms with Crippen LogP contribution in [0.4, 0.5) is 0 Å². The van der Waals surface area contributed by atoms with Crippen LogP contribution in [-0.2, 0) is 21.1 Å². The summed E-state index contributed by atoms with van der Waals surface area (Å²) in [6.45, 7) is 3.98. The first-order valence-electron chi connectivity index (χ1n) is 7.22. The Hall–Kier alpha value is -1.43. The van der Waals surface area contributed by atoms with Crippen molar-refractivity contribution < 1.29 is 13.2 Å². The third kappa shape index (κ3) is 3.81. The molecule has 116 valence electrons. The summed E-state index contributed by atoms with van der Waals surface area (Å²) in [5, 5.41) is 0. The fourth-order valence-electron chi connectivity index (χ4n) is 2.48. The maximum absolute atomic E-state index is 12.2. The lowest BCUT2D eigenvalue weighted by Gasteiger charge is -2.37. The van der Waals surface area contributed by atoms with Crippen molar-refractivity contribution in [2.24, 2.45) is 0 Å². The van der Waals surface area contributed by atoms with Crippen molar-refractivity contribution in [2.75, 3.05) is 18.8 Å². The summed E-state index contributed by atoms with van der Waals surface area (Å²) < 4.78 is 23.0. The minimum atomic E-state index is -3.09. The number of rotatable bonds is 4. The average molecular weight is 310 g/mol. The van der Waals surface area contributed by atoms with Crippen LogP contribution in [0.2, 0.25) is 0 Å². The van der Waals surface area contributed by atoms with Crippen molar-refractivity contribution in [3.63, 3.8) is 0 Å². The van der Waals surface area contributed by atoms with Crippen LogP contribution in [0.1, 0.15) is 32.4 Å². The molecule has 1 aliphatic heterocycles. The molecule has 6 heteroatoms. The Bertz CT molecular complexity index is 597. The van der Waals surface area contributed by atoms with Crippen LogP contribution in [0.3, 0.4) is 0 Å². The quantitative estimate of drug-likeness (QED) is 0.844. The summed E-state index contributed by atoms with van der Waals surface area (Å²) in [5.41, 5.74) is 0.979. The van der Waals surface area contributed by atoms with Crippen molar-refractivity contribution >= 4 is 15.7 Å². The van der Waals surface area contributed by atoms with Gasteiger partial charge in [0.15, 0.2) is 9.84 Å². The SMILES string of the molecule is CC1(C)CN(C(=O)CCCc2ccccn2)CCS1(=O)=O. The van der Waals surface area contributed by atoms with Crippen LogP contribution >= 0.6 is 0 Å². The normalized spacial score (nSPS) is 20.2. The summed E-state index contributed by atoms with van der Waals surface area (Å²) in [6.07, 6.45) is 3.68. The molecule has 1 amide bonds. The van der Waals surface area contributed by atoms with Crippen LogP contribution in [0.5, 0.6) is 0 Å². The Balaban J connectivity index is 1.85. The van der Waals surface area contributed by atoms with E-state index in [1.807, 2.05) is 18.2 Å². The van der Waals surface area contributed by atoms with Gasteiger partial charge in [-0.05, 0) is 38.8 Å². The molecule has 0 radical (unpaired) electrons. The van der Waals surface area contributed by atoms with Gasteiger partial charge in [-0.15, -0.1) is 0 Å². The van der Waals surface area contributed by atoms with E-state index in [-0.39, 0.29) is 18.2 Å². The highest BCUT2D eigenvalue weighted by Gasteiger charge is 2.41. The Labute approximate surface area is 126 Å². The lowest BCUT2D eigenvalue weighted by Crippen LogP contribution is -2.54. The molecule has 0 N–H and O–H groups in total. The average Bonchev–Trinajstić information content (AvgIpc) is 2.43. The molecule has 0 spiro atoms. The summed E-state index contributed by atoms with van der Waals surface area (Å²) in [7, 11) is -3.09. The van der Waals surface area contributed by atoms with Gasteiger partial charge < -0.3 is 4.90 Å². The second-order valence-corrected chi connectivity index (χ2v) is 8.81. The van der Waals surface area contributed by atoms with Gasteiger partial charge in [0, 0.05) is 31.4 Å². The summed E-state index contributed by atoms with van der Waals surface area (Å²) in [4.78, 5) is 18.1. The maximum atomic E-state index is 12.2. The molecular weight excluding hydrogens is 288 g/mol. The van der Waals surface area contributed by atoms with E-state index in [9.17, 15) is 13.2 Å². The highest BCUT2D eigenvalue weighted by molar-refractivity contribution is 7.92. The van der Waals surface area contributed by atoms with Crippen molar-refractivity contribution in [1.29, 1.82) is 0 Å². The number of nitrogens with zero attached hydrogens (tertiary/aromatic N) is 2. The summed E-state index contributed by atoms with van der Waals surface area (Å²) >= 11 is 0. The third-order valence-corrected chi connectivity index (χ3v) is 6.48. The van der Waals surface area contributed by atoms with E-state index in [1.165, 1.54) is 0 Å². The second kappa shape index (κ2) is 6.13. The molecule has 2 heterocycles. The molecule has 0 saturated carbocycles. The number of amides is 1. The standard InChI is InChI=1S/C15H22N2O3S/c1-15(2)12-17(10-11-21(15,19)20)14(18)8-5-7-13-6-3-4-9-16-13/h3-4,6,9H,5,7-8,10-12H2,1-2H3. The first-order chi connectivity index (χ1) is 9.82. The van der Waals surface area contributed by atoms with E-state index >= 15 is 0 Å². The maximum Gasteiger partial charge on any atom is 0.222 e. The van der Waals surface area contributed by atoms with Crippen molar-refractivity contribution in [1.82, 2.24) is 9.88 Å². The minimum Gasteiger partial charge on any atom is -0.340 e. The highest BCUT2D eigenvalue weighted by Crippen LogP contribution is 2.24. The second-order valence-electron chi connectivity index (χ2n) is 6.07. The van der Waals surface area contributed by atoms with Crippen LogP contribution < -0.4 is 0 Å². The summed E-state index contributed by atoms with van der Waals surface area (Å²) in [6, 6.07) is 5.74. The van der Waals surface area contributed by atoms with Gasteiger partial charge in [0.25, 0.3) is 0 Å². The number of carbonyl (C=O) groups excluding carboxylic acids is 1. The molecule has 0 bridgehead atoms. The third-order valence-electron chi connectivity index (χ3n) is 3.95. The number of aromatic nitrogens is 1. The monoisotopic (exact) mass is 310 g/mol. The number of aryl methyl sites for hydroxylation is 1. The van der Waals surface area contributed by atoms with Gasteiger partial charge in [0.2, 0.25) is 5.91 Å². The van der Waals surface area contributed by atoms with Crippen LogP contribution in [0, 0.1) is 0 Å². The lowest BCUT2D eigenvalue weighted by atomic mass is 10.1. The number of hydrogen-bond donors (Lipinski definition) is 0. The number of carbonyl (C=O) groups is 1. The van der Waals surface area contributed by atoms with Gasteiger partial charge in [0.1, 0.15) is 0 Å². The molecule has 5 nitrogen and oxygen atoms in total. The highest BCUT2D eigenvalue weighted by atomic mass is 32.2.